The van der Waals surface area contributed by atoms with Gasteiger partial charge >= 0.3 is 55.8 Å². The summed E-state index contributed by atoms with van der Waals surface area (Å²) in [5.74, 6) is -2.97. The zero-order valence-electron chi connectivity index (χ0n) is 23.5. The third-order valence-electron chi connectivity index (χ3n) is 5.59. The molecule has 4 aromatic rings. The molecule has 0 fully saturated rings. The van der Waals surface area contributed by atoms with E-state index in [1.165, 1.54) is 57.4 Å². The number of rotatable bonds is 8. The molecule has 0 atom stereocenters. The van der Waals surface area contributed by atoms with Crippen LogP contribution in [0.2, 0.25) is 18.9 Å². The molecule has 2 radical (unpaired) electrons. The molecule has 9 heteroatoms. The van der Waals surface area contributed by atoms with Crippen molar-refractivity contribution in [3.63, 3.8) is 0 Å². The van der Waals surface area contributed by atoms with Gasteiger partial charge in [0.2, 0.25) is 0 Å². The first kappa shape index (κ1) is 35.7. The fourth-order valence-electron chi connectivity index (χ4n) is 3.57. The summed E-state index contributed by atoms with van der Waals surface area (Å²) in [4.78, 5) is 22.6. The Morgan fingerprint density at radius 3 is 1.26 bits per heavy atom. The second-order valence-corrected chi connectivity index (χ2v) is 15.1. The molecular formula is C34H30Cl2F2O4Sn. The predicted octanol–water partition coefficient (Wildman–Crippen LogP) is 9.78. The third kappa shape index (κ3) is 13.2. The average Bonchev–Trinajstić information content (AvgIpc) is 2.97. The molecule has 0 amide bonds. The fourth-order valence-corrected chi connectivity index (χ4v) is 5.25. The van der Waals surface area contributed by atoms with Gasteiger partial charge in [-0.15, -0.1) is 0 Å². The van der Waals surface area contributed by atoms with Gasteiger partial charge < -0.3 is 10.2 Å². The molecule has 4 aromatic carbocycles. The van der Waals surface area contributed by atoms with E-state index in [2.05, 4.69) is 13.8 Å². The normalized spacial score (nSPS) is 11.0. The van der Waals surface area contributed by atoms with Crippen LogP contribution >= 0.6 is 23.2 Å². The van der Waals surface area contributed by atoms with Crippen LogP contribution in [-0.4, -0.2) is 43.3 Å². The fraction of sp³-hybridized carbons (Fsp3) is 0.118. The minimum absolute atomic E-state index is 0.0854. The first-order chi connectivity index (χ1) is 20.5. The van der Waals surface area contributed by atoms with Gasteiger partial charge in [-0.3, -0.25) is 0 Å². The van der Waals surface area contributed by atoms with E-state index >= 15 is 0 Å². The minimum atomic E-state index is -1.08. The largest absolute Gasteiger partial charge is 0.478 e. The molecule has 4 rings (SSSR count). The quantitative estimate of drug-likeness (QED) is 0.108. The van der Waals surface area contributed by atoms with Crippen LogP contribution in [0.5, 0.6) is 0 Å². The van der Waals surface area contributed by atoms with Crippen LogP contribution in [-0.2, 0) is 9.59 Å². The first-order valence-electron chi connectivity index (χ1n) is 13.2. The van der Waals surface area contributed by atoms with E-state index in [0.717, 1.165) is 0 Å². The summed E-state index contributed by atoms with van der Waals surface area (Å²) in [7, 11) is 0. The molecule has 0 aromatic heterocycles. The molecule has 43 heavy (non-hydrogen) atoms. The Labute approximate surface area is 270 Å². The summed E-state index contributed by atoms with van der Waals surface area (Å²) in [5, 5.41) is 19.5. The number of carboxylic acids is 2. The van der Waals surface area contributed by atoms with Gasteiger partial charge in [0.25, 0.3) is 0 Å². The Balaban J connectivity index is 0.000000260. The summed E-state index contributed by atoms with van der Waals surface area (Å²) < 4.78 is 29.2. The molecule has 0 aliphatic carbocycles. The second kappa shape index (κ2) is 18.9. The molecule has 0 aliphatic rings. The van der Waals surface area contributed by atoms with Crippen LogP contribution < -0.4 is 0 Å². The first-order valence-corrected chi connectivity index (χ1v) is 18.0. The van der Waals surface area contributed by atoms with Crippen LogP contribution in [0.1, 0.15) is 36.1 Å². The standard InChI is InChI=1S/2C15H10ClFO2.2C2H5.Sn/c2*16-12-6-4-11(5-7-12)14(15(18)19)9-10-2-1-3-13(17)8-10;2*1-2;/h2*1-9H,(H,18,19);2*1H2,2H3;/b2*14-9+;;;. The van der Waals surface area contributed by atoms with Crippen molar-refractivity contribution in [1.82, 2.24) is 0 Å². The van der Waals surface area contributed by atoms with E-state index in [4.69, 9.17) is 23.2 Å². The van der Waals surface area contributed by atoms with Crippen molar-refractivity contribution in [2.24, 2.45) is 0 Å². The van der Waals surface area contributed by atoms with Gasteiger partial charge in [-0.25, -0.2) is 18.4 Å². The number of aliphatic carboxylic acids is 2. The molecule has 2 N–H and O–H groups in total. The number of benzene rings is 4. The number of hydrogen-bond donors (Lipinski definition) is 2. The maximum atomic E-state index is 13.1. The van der Waals surface area contributed by atoms with E-state index in [1.54, 1.807) is 60.7 Å². The van der Waals surface area contributed by atoms with E-state index in [-0.39, 0.29) is 32.3 Å². The molecule has 0 saturated heterocycles. The Bertz CT molecular complexity index is 1440. The van der Waals surface area contributed by atoms with Crippen molar-refractivity contribution in [2.45, 2.75) is 22.7 Å². The van der Waals surface area contributed by atoms with E-state index in [0.29, 0.717) is 32.3 Å². The van der Waals surface area contributed by atoms with Crippen LogP contribution in [0.25, 0.3) is 23.3 Å². The Morgan fingerprint density at radius 2 is 1.00 bits per heavy atom. The molecular weight excluding hydrogens is 700 g/mol. The van der Waals surface area contributed by atoms with Gasteiger partial charge in [-0.2, -0.15) is 0 Å². The van der Waals surface area contributed by atoms with Crippen LogP contribution in [0.3, 0.4) is 0 Å². The topological polar surface area (TPSA) is 74.6 Å². The van der Waals surface area contributed by atoms with Crippen molar-refractivity contribution in [3.8, 4) is 0 Å². The Morgan fingerprint density at radius 1 is 0.651 bits per heavy atom. The van der Waals surface area contributed by atoms with Gasteiger partial charge in [-0.1, -0.05) is 71.7 Å². The minimum Gasteiger partial charge on any atom is -0.478 e. The van der Waals surface area contributed by atoms with Crippen LogP contribution in [0, 0.1) is 11.6 Å². The smallest absolute Gasteiger partial charge is 0.336 e. The summed E-state index contributed by atoms with van der Waals surface area (Å²) in [6.07, 6.45) is 2.85. The van der Waals surface area contributed by atoms with E-state index in [9.17, 15) is 28.6 Å². The summed E-state index contributed by atoms with van der Waals surface area (Å²) >= 11 is 11.7. The van der Waals surface area contributed by atoms with Gasteiger partial charge in [0.1, 0.15) is 11.6 Å². The SMILES string of the molecule is C[CH2][Sn][CH2]C.O=C(O)/C(=C/c1cccc(F)c1)c1ccc(Cl)cc1.O=C(O)/C(=C/c1cccc(F)c1)c1ccc(Cl)cc1. The molecule has 0 heterocycles. The van der Waals surface area contributed by atoms with Gasteiger partial charge in [0.05, 0.1) is 11.1 Å². The summed E-state index contributed by atoms with van der Waals surface area (Å²) in [6, 6.07) is 24.4. The zero-order chi connectivity index (χ0) is 31.8. The molecule has 222 valence electrons. The van der Waals surface area contributed by atoms with Crippen LogP contribution in [0.4, 0.5) is 8.78 Å². The van der Waals surface area contributed by atoms with Crippen molar-refractivity contribution in [2.75, 3.05) is 0 Å². The molecule has 0 aliphatic heterocycles. The van der Waals surface area contributed by atoms with Gasteiger partial charge in [0, 0.05) is 10.0 Å². The monoisotopic (exact) mass is 730 g/mol. The predicted molar refractivity (Wildman–Crippen MR) is 173 cm³/mol. The summed E-state index contributed by atoms with van der Waals surface area (Å²) in [6.45, 7) is 4.57. The number of halogens is 4. The number of carboxylic acid groups (broad SMARTS) is 2. The maximum absolute atomic E-state index is 13.1. The van der Waals surface area contributed by atoms with Crippen molar-refractivity contribution in [3.05, 3.63) is 141 Å². The molecule has 4 nitrogen and oxygen atoms in total. The average molecular weight is 730 g/mol. The van der Waals surface area contributed by atoms with E-state index in [1.807, 2.05) is 0 Å². The number of carbonyl (C=O) groups is 2. The van der Waals surface area contributed by atoms with E-state index < -0.39 is 23.6 Å². The molecule has 0 spiro atoms. The van der Waals surface area contributed by atoms with Crippen LogP contribution in [0.15, 0.2) is 97.1 Å². The van der Waals surface area contributed by atoms with Crippen molar-refractivity contribution in [1.29, 1.82) is 0 Å². The number of hydrogen-bond acceptors (Lipinski definition) is 2. The second-order valence-electron chi connectivity index (χ2n) is 8.81. The van der Waals surface area contributed by atoms with Crippen molar-refractivity contribution < 1.29 is 28.6 Å². The molecule has 0 unspecified atom stereocenters. The van der Waals surface area contributed by atoms with Crippen molar-refractivity contribution >= 4 is 79.6 Å². The molecule has 0 bridgehead atoms. The Kier molecular flexibility index (Phi) is 15.7. The molecule has 0 saturated carbocycles. The third-order valence-corrected chi connectivity index (χ3v) is 8.95. The summed E-state index contributed by atoms with van der Waals surface area (Å²) in [5.41, 5.74) is 2.19. The van der Waals surface area contributed by atoms with Gasteiger partial charge in [-0.05, 0) is 82.9 Å². The zero-order valence-corrected chi connectivity index (χ0v) is 27.9. The Hall–Kier alpha value is -3.46. The maximum Gasteiger partial charge on any atom is 0.336 e. The van der Waals surface area contributed by atoms with Gasteiger partial charge in [0.15, 0.2) is 0 Å².